The zero-order valence-electron chi connectivity index (χ0n) is 10.6. The lowest BCUT2D eigenvalue weighted by molar-refractivity contribution is 0.184. The normalized spacial score (nSPS) is 10.5. The van der Waals surface area contributed by atoms with E-state index in [1.54, 1.807) is 13.2 Å². The van der Waals surface area contributed by atoms with Gasteiger partial charge < -0.3 is 10.1 Å². The van der Waals surface area contributed by atoms with Gasteiger partial charge in [0.15, 0.2) is 0 Å². The van der Waals surface area contributed by atoms with E-state index in [1.165, 1.54) is 12.1 Å². The van der Waals surface area contributed by atoms with Gasteiger partial charge in [0.1, 0.15) is 5.82 Å². The smallest absolute Gasteiger partial charge is 0.124 e. The lowest BCUT2D eigenvalue weighted by atomic mass is 10.1. The lowest BCUT2D eigenvalue weighted by Gasteiger charge is -2.12. The highest BCUT2D eigenvalue weighted by atomic mass is 35.5. The molecule has 0 aliphatic carbocycles. The maximum atomic E-state index is 12.9. The molecule has 0 fully saturated rings. The van der Waals surface area contributed by atoms with Gasteiger partial charge in [0, 0.05) is 13.7 Å². The first-order valence-electron chi connectivity index (χ1n) is 5.95. The third-order valence-corrected chi connectivity index (χ3v) is 3.13. The standard InChI is InChI=1S/C15H15ClFNO/c1-19-10-12-5-3-2-4-11(12)9-18-15-7-6-13(17)8-14(15)16/h2-8,18H,9-10H2,1H3. The van der Waals surface area contributed by atoms with Crippen molar-refractivity contribution in [2.75, 3.05) is 12.4 Å². The zero-order valence-corrected chi connectivity index (χ0v) is 11.4. The molecule has 0 spiro atoms. The van der Waals surface area contributed by atoms with Crippen LogP contribution in [-0.4, -0.2) is 7.11 Å². The van der Waals surface area contributed by atoms with Crippen molar-refractivity contribution in [3.05, 3.63) is 64.4 Å². The van der Waals surface area contributed by atoms with Crippen LogP contribution in [0.15, 0.2) is 42.5 Å². The predicted molar refractivity (Wildman–Crippen MR) is 75.9 cm³/mol. The molecule has 100 valence electrons. The molecule has 0 saturated heterocycles. The summed E-state index contributed by atoms with van der Waals surface area (Å²) in [7, 11) is 1.67. The summed E-state index contributed by atoms with van der Waals surface area (Å²) in [6.45, 7) is 1.18. The molecule has 0 aliphatic rings. The van der Waals surface area contributed by atoms with Crippen LogP contribution >= 0.6 is 11.6 Å². The number of benzene rings is 2. The number of rotatable bonds is 5. The first kappa shape index (κ1) is 13.8. The first-order valence-corrected chi connectivity index (χ1v) is 6.33. The molecule has 2 rings (SSSR count). The maximum Gasteiger partial charge on any atom is 0.124 e. The van der Waals surface area contributed by atoms with E-state index in [0.717, 1.165) is 16.8 Å². The Morgan fingerprint density at radius 2 is 1.89 bits per heavy atom. The molecule has 0 heterocycles. The quantitative estimate of drug-likeness (QED) is 0.884. The molecule has 0 aliphatic heterocycles. The second kappa shape index (κ2) is 6.55. The van der Waals surface area contributed by atoms with Gasteiger partial charge in [-0.1, -0.05) is 35.9 Å². The van der Waals surface area contributed by atoms with Gasteiger partial charge in [-0.25, -0.2) is 4.39 Å². The number of methoxy groups -OCH3 is 1. The predicted octanol–water partition coefficient (Wildman–Crippen LogP) is 4.24. The van der Waals surface area contributed by atoms with Crippen LogP contribution in [0.2, 0.25) is 5.02 Å². The van der Waals surface area contributed by atoms with E-state index in [4.69, 9.17) is 16.3 Å². The Hall–Kier alpha value is -1.58. The third kappa shape index (κ3) is 3.69. The molecule has 0 radical (unpaired) electrons. The van der Waals surface area contributed by atoms with Crippen molar-refractivity contribution in [2.24, 2.45) is 0 Å². The summed E-state index contributed by atoms with van der Waals surface area (Å²) in [6.07, 6.45) is 0. The van der Waals surface area contributed by atoms with Gasteiger partial charge in [0.05, 0.1) is 17.3 Å². The van der Waals surface area contributed by atoms with Gasteiger partial charge in [-0.15, -0.1) is 0 Å². The summed E-state index contributed by atoms with van der Waals surface area (Å²) in [4.78, 5) is 0. The minimum Gasteiger partial charge on any atom is -0.380 e. The van der Waals surface area contributed by atoms with Gasteiger partial charge in [-0.2, -0.15) is 0 Å². The average Bonchev–Trinajstić information content (AvgIpc) is 2.40. The number of anilines is 1. The van der Waals surface area contributed by atoms with Gasteiger partial charge in [-0.3, -0.25) is 0 Å². The van der Waals surface area contributed by atoms with E-state index in [-0.39, 0.29) is 5.82 Å². The fraction of sp³-hybridized carbons (Fsp3) is 0.200. The van der Waals surface area contributed by atoms with Crippen LogP contribution in [0.3, 0.4) is 0 Å². The maximum absolute atomic E-state index is 12.9. The van der Waals surface area contributed by atoms with E-state index in [2.05, 4.69) is 5.32 Å². The van der Waals surface area contributed by atoms with Crippen molar-refractivity contribution >= 4 is 17.3 Å². The molecule has 2 aromatic carbocycles. The van der Waals surface area contributed by atoms with Crippen LogP contribution < -0.4 is 5.32 Å². The second-order valence-corrected chi connectivity index (χ2v) is 4.59. The Bertz CT molecular complexity index is 560. The number of nitrogens with one attached hydrogen (secondary N) is 1. The van der Waals surface area contributed by atoms with Crippen LogP contribution in [0.25, 0.3) is 0 Å². The Balaban J connectivity index is 2.10. The van der Waals surface area contributed by atoms with E-state index < -0.39 is 0 Å². The summed E-state index contributed by atoms with van der Waals surface area (Å²) in [5.41, 5.74) is 2.97. The molecule has 2 aromatic rings. The van der Waals surface area contributed by atoms with E-state index in [1.807, 2.05) is 24.3 Å². The zero-order chi connectivity index (χ0) is 13.7. The Kier molecular flexibility index (Phi) is 4.77. The monoisotopic (exact) mass is 279 g/mol. The number of ether oxygens (including phenoxy) is 1. The van der Waals surface area contributed by atoms with Crippen molar-refractivity contribution in [3.8, 4) is 0 Å². The molecular weight excluding hydrogens is 265 g/mol. The Morgan fingerprint density at radius 3 is 2.58 bits per heavy atom. The van der Waals surface area contributed by atoms with Crippen molar-refractivity contribution < 1.29 is 9.13 Å². The summed E-state index contributed by atoms with van der Waals surface area (Å²) in [5.74, 6) is -0.338. The molecule has 0 amide bonds. The topological polar surface area (TPSA) is 21.3 Å². The van der Waals surface area contributed by atoms with Crippen LogP contribution in [0, 0.1) is 5.82 Å². The molecule has 4 heteroatoms. The molecule has 1 N–H and O–H groups in total. The van der Waals surface area contributed by atoms with Crippen LogP contribution in [0.1, 0.15) is 11.1 Å². The lowest BCUT2D eigenvalue weighted by Crippen LogP contribution is -2.04. The third-order valence-electron chi connectivity index (χ3n) is 2.82. The summed E-state index contributed by atoms with van der Waals surface area (Å²) < 4.78 is 18.1. The SMILES string of the molecule is COCc1ccccc1CNc1ccc(F)cc1Cl. The highest BCUT2D eigenvalue weighted by molar-refractivity contribution is 6.33. The second-order valence-electron chi connectivity index (χ2n) is 4.18. The molecule has 0 bridgehead atoms. The van der Waals surface area contributed by atoms with Crippen molar-refractivity contribution in [1.82, 2.24) is 0 Å². The minimum absolute atomic E-state index is 0.338. The van der Waals surface area contributed by atoms with Crippen molar-refractivity contribution in [2.45, 2.75) is 13.2 Å². The molecule has 0 saturated carbocycles. The van der Waals surface area contributed by atoms with Gasteiger partial charge in [0.2, 0.25) is 0 Å². The van der Waals surface area contributed by atoms with Gasteiger partial charge in [0.25, 0.3) is 0 Å². The summed E-state index contributed by atoms with van der Waals surface area (Å²) in [6, 6.07) is 12.3. The number of halogens is 2. The molecule has 0 unspecified atom stereocenters. The molecule has 2 nitrogen and oxygen atoms in total. The number of hydrogen-bond acceptors (Lipinski definition) is 2. The highest BCUT2D eigenvalue weighted by Gasteiger charge is 2.04. The van der Waals surface area contributed by atoms with E-state index in [0.29, 0.717) is 18.2 Å². The van der Waals surface area contributed by atoms with Gasteiger partial charge in [-0.05, 0) is 29.3 Å². The highest BCUT2D eigenvalue weighted by Crippen LogP contribution is 2.23. The first-order chi connectivity index (χ1) is 9.20. The molecular formula is C15H15ClFNO. The summed E-state index contributed by atoms with van der Waals surface area (Å²) in [5, 5.41) is 3.58. The minimum atomic E-state index is -0.338. The van der Waals surface area contributed by atoms with Crippen molar-refractivity contribution in [3.63, 3.8) is 0 Å². The van der Waals surface area contributed by atoms with E-state index in [9.17, 15) is 4.39 Å². The molecule has 19 heavy (non-hydrogen) atoms. The van der Waals surface area contributed by atoms with E-state index >= 15 is 0 Å². The van der Waals surface area contributed by atoms with Crippen molar-refractivity contribution in [1.29, 1.82) is 0 Å². The number of hydrogen-bond donors (Lipinski definition) is 1. The Morgan fingerprint density at radius 1 is 1.16 bits per heavy atom. The summed E-state index contributed by atoms with van der Waals surface area (Å²) >= 11 is 5.97. The van der Waals surface area contributed by atoms with Crippen LogP contribution in [-0.2, 0) is 17.9 Å². The largest absolute Gasteiger partial charge is 0.380 e. The fourth-order valence-corrected chi connectivity index (χ4v) is 2.08. The average molecular weight is 280 g/mol. The molecule has 0 aromatic heterocycles. The van der Waals surface area contributed by atoms with Crippen LogP contribution in [0.4, 0.5) is 10.1 Å². The van der Waals surface area contributed by atoms with Crippen LogP contribution in [0.5, 0.6) is 0 Å². The Labute approximate surface area is 117 Å². The molecule has 0 atom stereocenters. The fourth-order valence-electron chi connectivity index (χ4n) is 1.85. The van der Waals surface area contributed by atoms with Gasteiger partial charge >= 0.3 is 0 Å².